The zero-order chi connectivity index (χ0) is 21.4. The quantitative estimate of drug-likeness (QED) is 0.315. The Morgan fingerprint density at radius 3 is 2.32 bits per heavy atom. The number of rotatable bonds is 10. The van der Waals surface area contributed by atoms with E-state index in [2.05, 4.69) is 31.0 Å². The van der Waals surface area contributed by atoms with Crippen molar-refractivity contribution in [2.75, 3.05) is 7.11 Å². The first-order chi connectivity index (χ1) is 13.0. The molecule has 0 spiro atoms. The Morgan fingerprint density at radius 1 is 1.18 bits per heavy atom. The SMILES string of the molecule is C=C(C[Si](C)(C)C)C(OC(=O)OC)C(=O)CC/C=C/S(=O)(=O)c1ccccc1. The average molecular weight is 425 g/mol. The van der Waals surface area contributed by atoms with E-state index in [9.17, 15) is 18.0 Å². The number of sulfone groups is 1. The van der Waals surface area contributed by atoms with Gasteiger partial charge in [-0.15, -0.1) is 0 Å². The second kappa shape index (κ2) is 10.4. The summed E-state index contributed by atoms with van der Waals surface area (Å²) >= 11 is 0. The van der Waals surface area contributed by atoms with E-state index in [1.54, 1.807) is 18.2 Å². The minimum absolute atomic E-state index is 0.0210. The third-order valence-electron chi connectivity index (χ3n) is 3.71. The largest absolute Gasteiger partial charge is 0.509 e. The highest BCUT2D eigenvalue weighted by Gasteiger charge is 2.29. The second-order valence-corrected chi connectivity index (χ2v) is 14.9. The third kappa shape index (κ3) is 8.22. The highest BCUT2D eigenvalue weighted by molar-refractivity contribution is 7.94. The summed E-state index contributed by atoms with van der Waals surface area (Å²) in [5.41, 5.74) is 0.537. The Morgan fingerprint density at radius 2 is 1.79 bits per heavy atom. The maximum atomic E-state index is 12.6. The van der Waals surface area contributed by atoms with Crippen molar-refractivity contribution < 1.29 is 27.5 Å². The Labute approximate surface area is 168 Å². The maximum absolute atomic E-state index is 12.6. The topological polar surface area (TPSA) is 86.7 Å². The molecule has 0 aromatic heterocycles. The summed E-state index contributed by atoms with van der Waals surface area (Å²) in [5, 5.41) is 1.09. The van der Waals surface area contributed by atoms with Gasteiger partial charge in [-0.1, -0.05) is 50.5 Å². The minimum atomic E-state index is -3.55. The van der Waals surface area contributed by atoms with Gasteiger partial charge >= 0.3 is 6.16 Å². The molecule has 0 radical (unpaired) electrons. The molecule has 0 amide bonds. The van der Waals surface area contributed by atoms with E-state index >= 15 is 0 Å². The van der Waals surface area contributed by atoms with Gasteiger partial charge in [0.25, 0.3) is 0 Å². The number of hydrogen-bond donors (Lipinski definition) is 0. The molecule has 0 aliphatic carbocycles. The van der Waals surface area contributed by atoms with Crippen molar-refractivity contribution in [3.8, 4) is 0 Å². The Kier molecular flexibility index (Phi) is 8.84. The minimum Gasteiger partial charge on any atom is -0.438 e. The zero-order valence-corrected chi connectivity index (χ0v) is 18.6. The van der Waals surface area contributed by atoms with Gasteiger partial charge in [0.15, 0.2) is 21.7 Å². The molecule has 1 aromatic rings. The Balaban J connectivity index is 2.77. The molecular weight excluding hydrogens is 396 g/mol. The zero-order valence-electron chi connectivity index (χ0n) is 16.8. The summed E-state index contributed by atoms with van der Waals surface area (Å²) in [6.45, 7) is 10.3. The molecule has 154 valence electrons. The van der Waals surface area contributed by atoms with E-state index in [0.29, 0.717) is 11.6 Å². The Hall–Kier alpha value is -2.19. The van der Waals surface area contributed by atoms with Crippen LogP contribution in [0.1, 0.15) is 12.8 Å². The summed E-state index contributed by atoms with van der Waals surface area (Å²) in [6.07, 6.45) is -0.383. The average Bonchev–Trinajstić information content (AvgIpc) is 2.62. The highest BCUT2D eigenvalue weighted by atomic mass is 32.2. The Bertz CT molecular complexity index is 822. The molecule has 0 N–H and O–H groups in total. The van der Waals surface area contributed by atoms with Crippen molar-refractivity contribution in [3.63, 3.8) is 0 Å². The first-order valence-corrected chi connectivity index (χ1v) is 14.1. The van der Waals surface area contributed by atoms with Crippen molar-refractivity contribution in [3.05, 3.63) is 54.0 Å². The fourth-order valence-corrected chi connectivity index (χ4v) is 5.17. The molecule has 0 heterocycles. The lowest BCUT2D eigenvalue weighted by Crippen LogP contribution is -2.32. The van der Waals surface area contributed by atoms with Crippen LogP contribution in [0.15, 0.2) is 58.9 Å². The van der Waals surface area contributed by atoms with Gasteiger partial charge in [0.05, 0.1) is 12.0 Å². The predicted molar refractivity (Wildman–Crippen MR) is 112 cm³/mol. The molecule has 1 rings (SSSR count). The van der Waals surface area contributed by atoms with Gasteiger partial charge in [-0.05, 0) is 30.2 Å². The summed E-state index contributed by atoms with van der Waals surface area (Å²) < 4.78 is 34.0. The lowest BCUT2D eigenvalue weighted by molar-refractivity contribution is -0.126. The predicted octanol–water partition coefficient (Wildman–Crippen LogP) is 4.37. The molecule has 1 unspecified atom stereocenters. The lowest BCUT2D eigenvalue weighted by Gasteiger charge is -2.23. The number of carbonyl (C=O) groups is 2. The van der Waals surface area contributed by atoms with Gasteiger partial charge < -0.3 is 9.47 Å². The van der Waals surface area contributed by atoms with Gasteiger partial charge in [0.1, 0.15) is 0 Å². The molecule has 8 heteroatoms. The summed E-state index contributed by atoms with van der Waals surface area (Å²) in [4.78, 5) is 24.2. The normalized spacial score (nSPS) is 13.1. The van der Waals surface area contributed by atoms with Gasteiger partial charge in [0.2, 0.25) is 0 Å². The number of hydrogen-bond acceptors (Lipinski definition) is 6. The van der Waals surface area contributed by atoms with Crippen molar-refractivity contribution in [1.29, 1.82) is 0 Å². The number of carbonyl (C=O) groups excluding carboxylic acids is 2. The summed E-state index contributed by atoms with van der Waals surface area (Å²) in [5.74, 6) is -0.338. The fraction of sp³-hybridized carbons (Fsp3) is 0.400. The number of ether oxygens (including phenoxy) is 2. The van der Waals surface area contributed by atoms with Crippen molar-refractivity contribution in [2.45, 2.75) is 49.5 Å². The van der Waals surface area contributed by atoms with Crippen LogP contribution in [0.4, 0.5) is 4.79 Å². The van der Waals surface area contributed by atoms with Crippen LogP contribution in [0, 0.1) is 0 Å². The van der Waals surface area contributed by atoms with E-state index in [-0.39, 0.29) is 23.5 Å². The van der Waals surface area contributed by atoms with Crippen LogP contribution in [-0.2, 0) is 24.1 Å². The lowest BCUT2D eigenvalue weighted by atomic mass is 10.0. The highest BCUT2D eigenvalue weighted by Crippen LogP contribution is 2.22. The summed E-state index contributed by atoms with van der Waals surface area (Å²) in [6, 6.07) is 8.65. The van der Waals surface area contributed by atoms with Crippen LogP contribution in [-0.4, -0.2) is 41.6 Å². The monoisotopic (exact) mass is 424 g/mol. The van der Waals surface area contributed by atoms with Crippen molar-refractivity contribution >= 4 is 29.8 Å². The summed E-state index contributed by atoms with van der Waals surface area (Å²) in [7, 11) is -3.95. The number of methoxy groups -OCH3 is 1. The van der Waals surface area contributed by atoms with E-state index in [0.717, 1.165) is 5.41 Å². The van der Waals surface area contributed by atoms with E-state index < -0.39 is 30.2 Å². The van der Waals surface area contributed by atoms with Gasteiger partial charge in [0, 0.05) is 19.9 Å². The number of Topliss-reactive ketones (excluding diaryl/α,β-unsaturated/α-hetero) is 1. The molecule has 1 aromatic carbocycles. The smallest absolute Gasteiger partial charge is 0.438 e. The van der Waals surface area contributed by atoms with Crippen molar-refractivity contribution in [1.82, 2.24) is 0 Å². The maximum Gasteiger partial charge on any atom is 0.509 e. The van der Waals surface area contributed by atoms with E-state index in [4.69, 9.17) is 4.74 Å². The molecule has 0 aliphatic rings. The molecule has 1 atom stereocenters. The first kappa shape index (κ1) is 23.8. The third-order valence-corrected chi connectivity index (χ3v) is 6.70. The molecule has 0 saturated carbocycles. The molecule has 0 saturated heterocycles. The number of ketones is 1. The molecule has 0 bridgehead atoms. The van der Waals surface area contributed by atoms with E-state index in [1.807, 2.05) is 0 Å². The van der Waals surface area contributed by atoms with Crippen LogP contribution in [0.5, 0.6) is 0 Å². The molecule has 0 aliphatic heterocycles. The van der Waals surface area contributed by atoms with Crippen LogP contribution in [0.2, 0.25) is 25.7 Å². The fourth-order valence-electron chi connectivity index (χ4n) is 2.54. The standard InChI is InChI=1S/C20H28O6SSi/c1-16(15-28(3,4)5)19(26-20(22)25-2)18(21)13-9-10-14-27(23,24)17-11-7-6-8-12-17/h6-8,10-12,14,19H,1,9,13,15H2,2-5H3/b14-10+. The molecule has 0 fully saturated rings. The van der Waals surface area contributed by atoms with Crippen LogP contribution >= 0.6 is 0 Å². The molecular formula is C20H28O6SSi. The van der Waals surface area contributed by atoms with Gasteiger partial charge in [-0.25, -0.2) is 13.2 Å². The van der Waals surface area contributed by atoms with Gasteiger partial charge in [-0.3, -0.25) is 4.79 Å². The number of allylic oxidation sites excluding steroid dienone is 1. The second-order valence-electron chi connectivity index (χ2n) is 7.58. The van der Waals surface area contributed by atoms with E-state index in [1.165, 1.54) is 25.3 Å². The van der Waals surface area contributed by atoms with Crippen LogP contribution in [0.3, 0.4) is 0 Å². The van der Waals surface area contributed by atoms with Crippen LogP contribution in [0.25, 0.3) is 0 Å². The first-order valence-electron chi connectivity index (χ1n) is 8.88. The molecule has 6 nitrogen and oxygen atoms in total. The number of benzene rings is 1. The van der Waals surface area contributed by atoms with Crippen LogP contribution < -0.4 is 0 Å². The van der Waals surface area contributed by atoms with Crippen molar-refractivity contribution in [2.24, 2.45) is 0 Å². The van der Waals surface area contributed by atoms with Gasteiger partial charge in [-0.2, -0.15) is 0 Å². The molecule has 28 heavy (non-hydrogen) atoms.